The minimum absolute atomic E-state index is 0.0634. The predicted octanol–water partition coefficient (Wildman–Crippen LogP) is 6.82. The topological polar surface area (TPSA) is 31.2 Å². The van der Waals surface area contributed by atoms with Gasteiger partial charge in [-0.15, -0.1) is 11.8 Å². The van der Waals surface area contributed by atoms with Crippen LogP contribution in [-0.4, -0.2) is 10.4 Å². The number of ether oxygens (including phenoxy) is 1. The van der Waals surface area contributed by atoms with E-state index in [0.717, 1.165) is 24.0 Å². The fourth-order valence-electron chi connectivity index (χ4n) is 4.72. The van der Waals surface area contributed by atoms with Crippen LogP contribution in [-0.2, 0) is 28.9 Å². The number of rotatable bonds is 11. The zero-order valence-corrected chi connectivity index (χ0v) is 19.0. The number of Topliss-reactive ketones (excluding diaryl/α,β-unsaturated/α-hetero) is 1. The summed E-state index contributed by atoms with van der Waals surface area (Å²) in [6, 6.07) is 6.65. The van der Waals surface area contributed by atoms with Gasteiger partial charge in [0, 0.05) is 23.1 Å². The first kappa shape index (κ1) is 20.7. The van der Waals surface area contributed by atoms with Gasteiger partial charge in [0.05, 0.1) is 12.3 Å². The SMILES string of the molecule is CCCCc1cc(CO[C@@H]2n3ccc4c3[C@@]2(C)S4)c(C(=O)CC)cc1CCCC. The quantitative estimate of drug-likeness (QED) is 0.380. The number of carbonyl (C=O) groups excluding carboxylic acids is 1. The van der Waals surface area contributed by atoms with Crippen LogP contribution in [0.25, 0.3) is 0 Å². The first-order chi connectivity index (χ1) is 14.0. The molecule has 29 heavy (non-hydrogen) atoms. The van der Waals surface area contributed by atoms with Crippen LogP contribution >= 0.6 is 11.8 Å². The summed E-state index contributed by atoms with van der Waals surface area (Å²) in [5.41, 5.74) is 6.13. The number of benzene rings is 1. The average Bonchev–Trinajstić information content (AvgIpc) is 2.96. The predicted molar refractivity (Wildman–Crippen MR) is 120 cm³/mol. The normalized spacial score (nSPS) is 21.4. The zero-order chi connectivity index (χ0) is 20.6. The number of thioether (sulfide) groups is 1. The maximum absolute atomic E-state index is 12.7. The maximum atomic E-state index is 12.7. The van der Waals surface area contributed by atoms with Crippen LogP contribution in [0.4, 0.5) is 0 Å². The Balaban J connectivity index is 1.59. The number of nitrogens with zero attached hydrogens (tertiary/aromatic N) is 1. The molecule has 2 aliphatic heterocycles. The Bertz CT molecular complexity index is 916. The second-order valence-corrected chi connectivity index (χ2v) is 10.1. The minimum Gasteiger partial charge on any atom is -0.351 e. The van der Waals surface area contributed by atoms with Gasteiger partial charge >= 0.3 is 0 Å². The molecule has 0 radical (unpaired) electrons. The Kier molecular flexibility index (Phi) is 5.94. The van der Waals surface area contributed by atoms with E-state index >= 15 is 0 Å². The molecule has 0 aliphatic carbocycles. The summed E-state index contributed by atoms with van der Waals surface area (Å²) in [5.74, 6) is 0.227. The molecule has 4 rings (SSSR count). The second-order valence-electron chi connectivity index (χ2n) is 8.57. The lowest BCUT2D eigenvalue weighted by Crippen LogP contribution is -2.49. The second kappa shape index (κ2) is 8.31. The van der Waals surface area contributed by atoms with E-state index in [2.05, 4.69) is 49.7 Å². The molecule has 4 heteroatoms. The molecule has 0 spiro atoms. The molecule has 0 unspecified atom stereocenters. The van der Waals surface area contributed by atoms with Crippen molar-refractivity contribution in [2.75, 3.05) is 0 Å². The Morgan fingerprint density at radius 2 is 1.79 bits per heavy atom. The summed E-state index contributed by atoms with van der Waals surface area (Å²) in [7, 11) is 0. The number of ketones is 1. The molecule has 2 aliphatic rings. The van der Waals surface area contributed by atoms with Gasteiger partial charge < -0.3 is 9.30 Å². The van der Waals surface area contributed by atoms with Crippen molar-refractivity contribution in [3.63, 3.8) is 0 Å². The minimum atomic E-state index is 0.0634. The van der Waals surface area contributed by atoms with Crippen molar-refractivity contribution in [2.45, 2.75) is 95.1 Å². The molecule has 1 aromatic carbocycles. The number of hydrogen-bond donors (Lipinski definition) is 0. The highest BCUT2D eigenvalue weighted by atomic mass is 32.2. The van der Waals surface area contributed by atoms with Gasteiger partial charge in [0.2, 0.25) is 0 Å². The zero-order valence-electron chi connectivity index (χ0n) is 18.2. The number of carbonyl (C=O) groups is 1. The van der Waals surface area contributed by atoms with E-state index in [1.165, 1.54) is 47.4 Å². The summed E-state index contributed by atoms with van der Waals surface area (Å²) in [6.07, 6.45) is 9.61. The van der Waals surface area contributed by atoms with Crippen molar-refractivity contribution in [1.29, 1.82) is 0 Å². The highest BCUT2D eigenvalue weighted by Crippen LogP contribution is 2.68. The highest BCUT2D eigenvalue weighted by Gasteiger charge is 2.59. The smallest absolute Gasteiger partial charge is 0.162 e. The van der Waals surface area contributed by atoms with Gasteiger partial charge in [-0.3, -0.25) is 4.79 Å². The van der Waals surface area contributed by atoms with Crippen molar-refractivity contribution >= 4 is 17.5 Å². The van der Waals surface area contributed by atoms with Crippen LogP contribution in [0.15, 0.2) is 29.3 Å². The molecule has 0 bridgehead atoms. The van der Waals surface area contributed by atoms with Gasteiger partial charge in [-0.05, 0) is 61.4 Å². The van der Waals surface area contributed by atoms with Crippen LogP contribution in [0.3, 0.4) is 0 Å². The van der Waals surface area contributed by atoms with E-state index in [1.807, 2.05) is 18.7 Å². The number of aromatic nitrogens is 1. The lowest BCUT2D eigenvalue weighted by Gasteiger charge is -2.53. The van der Waals surface area contributed by atoms with Crippen molar-refractivity contribution < 1.29 is 9.53 Å². The molecule has 2 atom stereocenters. The molecule has 0 saturated carbocycles. The Morgan fingerprint density at radius 1 is 1.10 bits per heavy atom. The van der Waals surface area contributed by atoms with Crippen molar-refractivity contribution in [2.24, 2.45) is 0 Å². The summed E-state index contributed by atoms with van der Waals surface area (Å²) >= 11 is 1.91. The lowest BCUT2D eigenvalue weighted by atomic mass is 9.90. The third-order valence-corrected chi connectivity index (χ3v) is 7.81. The van der Waals surface area contributed by atoms with Gasteiger partial charge in [0.15, 0.2) is 12.0 Å². The Morgan fingerprint density at radius 3 is 2.45 bits per heavy atom. The van der Waals surface area contributed by atoms with Gasteiger partial charge in [-0.2, -0.15) is 0 Å². The van der Waals surface area contributed by atoms with Crippen LogP contribution in [0.1, 0.15) is 98.8 Å². The lowest BCUT2D eigenvalue weighted by molar-refractivity contribution is -0.0747. The first-order valence-corrected chi connectivity index (χ1v) is 12.0. The van der Waals surface area contributed by atoms with Gasteiger partial charge in [0.1, 0.15) is 4.75 Å². The number of aryl methyl sites for hydroxylation is 2. The van der Waals surface area contributed by atoms with Crippen molar-refractivity contribution in [3.05, 3.63) is 52.3 Å². The van der Waals surface area contributed by atoms with Crippen LogP contribution in [0.2, 0.25) is 0 Å². The van der Waals surface area contributed by atoms with E-state index < -0.39 is 0 Å². The monoisotopic (exact) mass is 411 g/mol. The summed E-state index contributed by atoms with van der Waals surface area (Å²) in [4.78, 5) is 14.1. The molecular weight excluding hydrogens is 378 g/mol. The van der Waals surface area contributed by atoms with E-state index in [-0.39, 0.29) is 16.8 Å². The fourth-order valence-corrected chi connectivity index (χ4v) is 6.16. The van der Waals surface area contributed by atoms with Gasteiger partial charge in [-0.1, -0.05) is 39.7 Å². The van der Waals surface area contributed by atoms with Crippen LogP contribution < -0.4 is 0 Å². The van der Waals surface area contributed by atoms with Crippen LogP contribution in [0, 0.1) is 0 Å². The Labute approximate surface area is 179 Å². The van der Waals surface area contributed by atoms with E-state index in [1.54, 1.807) is 0 Å². The molecule has 0 amide bonds. The van der Waals surface area contributed by atoms with E-state index in [4.69, 9.17) is 4.74 Å². The van der Waals surface area contributed by atoms with Crippen molar-refractivity contribution in [1.82, 2.24) is 4.57 Å². The Hall–Kier alpha value is -1.52. The average molecular weight is 412 g/mol. The molecule has 0 fully saturated rings. The maximum Gasteiger partial charge on any atom is 0.162 e. The molecule has 0 saturated heterocycles. The standard InChI is InChI=1S/C25H33NO2S/c1-5-8-10-17-14-19(20(21(27)7-3)15-18(17)11-9-6-2)16-28-24-25(4)23-22(29-25)12-13-26(23)24/h12-15,24H,5-11,16H2,1-4H3/t24-,25+/m0/s1. The molecule has 3 nitrogen and oxygen atoms in total. The third-order valence-electron chi connectivity index (χ3n) is 6.44. The molecule has 156 valence electrons. The largest absolute Gasteiger partial charge is 0.351 e. The molecule has 1 aromatic heterocycles. The van der Waals surface area contributed by atoms with Gasteiger partial charge in [-0.25, -0.2) is 0 Å². The fraction of sp³-hybridized carbons (Fsp3) is 0.560. The number of unbranched alkanes of at least 4 members (excludes halogenated alkanes) is 2. The summed E-state index contributed by atoms with van der Waals surface area (Å²) in [5, 5.41) is 0. The van der Waals surface area contributed by atoms with Crippen LogP contribution in [0.5, 0.6) is 0 Å². The molecule has 0 N–H and O–H groups in total. The molecule has 3 heterocycles. The molecular formula is C25H33NO2S. The number of hydrogen-bond acceptors (Lipinski definition) is 3. The van der Waals surface area contributed by atoms with Crippen molar-refractivity contribution in [3.8, 4) is 0 Å². The van der Waals surface area contributed by atoms with E-state index in [9.17, 15) is 4.79 Å². The third kappa shape index (κ3) is 3.48. The summed E-state index contributed by atoms with van der Waals surface area (Å²) < 4.78 is 8.75. The highest BCUT2D eigenvalue weighted by molar-refractivity contribution is 8.01. The van der Waals surface area contributed by atoms with E-state index in [0.29, 0.717) is 13.0 Å². The first-order valence-electron chi connectivity index (χ1n) is 11.2. The van der Waals surface area contributed by atoms with Gasteiger partial charge in [0.25, 0.3) is 0 Å². The summed E-state index contributed by atoms with van der Waals surface area (Å²) in [6.45, 7) is 9.19. The molecule has 2 aromatic rings.